The molecule has 0 N–H and O–H groups in total. The van der Waals surface area contributed by atoms with E-state index in [0.717, 1.165) is 11.8 Å². The van der Waals surface area contributed by atoms with Crippen LogP contribution < -0.4 is 4.74 Å². The fourth-order valence-electron chi connectivity index (χ4n) is 2.65. The molecule has 2 aromatic rings. The van der Waals surface area contributed by atoms with Crippen LogP contribution >= 0.6 is 0 Å². The van der Waals surface area contributed by atoms with Crippen molar-refractivity contribution in [2.75, 3.05) is 21.2 Å². The lowest BCUT2D eigenvalue weighted by molar-refractivity contribution is 0.375. The molecule has 1 saturated carbocycles. The maximum Gasteiger partial charge on any atom is 0.189 e. The smallest absolute Gasteiger partial charge is 0.189 e. The van der Waals surface area contributed by atoms with E-state index in [2.05, 4.69) is 19.0 Å². The molecule has 2 unspecified atom stereocenters. The fraction of sp³-hybridized carbons (Fsp3) is 0.429. The normalized spacial score (nSPS) is 22.7. The van der Waals surface area contributed by atoms with Gasteiger partial charge in [0, 0.05) is 17.6 Å². The first-order valence-corrected chi connectivity index (χ1v) is 6.13. The van der Waals surface area contributed by atoms with Gasteiger partial charge in [-0.3, -0.25) is 0 Å². The molecule has 0 saturated heterocycles. The number of methoxy groups -OCH3 is 1. The van der Waals surface area contributed by atoms with Gasteiger partial charge in [0.05, 0.1) is 18.7 Å². The predicted octanol–water partition coefficient (Wildman–Crippen LogP) is 2.66. The number of hydrogen-bond acceptors (Lipinski definition) is 2. The molecule has 1 heterocycles. The predicted molar refractivity (Wildman–Crippen MR) is 69.6 cm³/mol. The number of hydrogen-bond donors (Lipinski definition) is 0. The summed E-state index contributed by atoms with van der Waals surface area (Å²) in [6.07, 6.45) is 3.05. The summed E-state index contributed by atoms with van der Waals surface area (Å²) in [4.78, 5) is 2.19. The summed E-state index contributed by atoms with van der Waals surface area (Å²) in [5, 5.41) is 0.928. The van der Waals surface area contributed by atoms with Crippen LogP contribution in [0.15, 0.2) is 24.4 Å². The third-order valence-electron chi connectivity index (χ3n) is 3.75. The molecular weight excluding hydrogens is 231 g/mol. The van der Waals surface area contributed by atoms with Crippen LogP contribution in [-0.4, -0.2) is 36.7 Å². The highest BCUT2D eigenvalue weighted by Crippen LogP contribution is 2.42. The summed E-state index contributed by atoms with van der Waals surface area (Å²) < 4.78 is 21.4. The van der Waals surface area contributed by atoms with Gasteiger partial charge in [-0.25, -0.2) is 4.39 Å². The number of benzene rings is 1. The molecule has 2 atom stereocenters. The lowest BCUT2D eigenvalue weighted by Gasteiger charge is -2.11. The van der Waals surface area contributed by atoms with Crippen molar-refractivity contribution in [1.29, 1.82) is 0 Å². The van der Waals surface area contributed by atoms with Crippen LogP contribution in [0.1, 0.15) is 12.5 Å². The Kier molecular flexibility index (Phi) is 2.55. The first-order chi connectivity index (χ1) is 8.63. The lowest BCUT2D eigenvalue weighted by Crippen LogP contribution is -2.17. The number of halogens is 1. The molecule has 1 aliphatic rings. The van der Waals surface area contributed by atoms with E-state index in [1.807, 2.05) is 22.9 Å². The van der Waals surface area contributed by atoms with Crippen LogP contribution in [0.4, 0.5) is 4.39 Å². The monoisotopic (exact) mass is 248 g/mol. The van der Waals surface area contributed by atoms with E-state index in [1.165, 1.54) is 7.11 Å². The zero-order chi connectivity index (χ0) is 12.9. The maximum absolute atomic E-state index is 14.3. The zero-order valence-electron chi connectivity index (χ0n) is 10.9. The Morgan fingerprint density at radius 1 is 1.33 bits per heavy atom. The third kappa shape index (κ3) is 1.60. The molecule has 96 valence electrons. The molecular formula is C14H17FN2O. The lowest BCUT2D eigenvalue weighted by atomic mass is 10.2. The van der Waals surface area contributed by atoms with Gasteiger partial charge < -0.3 is 14.2 Å². The number of fused-ring (bicyclic) bond motifs is 1. The second-order valence-electron chi connectivity index (χ2n) is 5.08. The van der Waals surface area contributed by atoms with Gasteiger partial charge in [0.15, 0.2) is 11.6 Å². The second-order valence-corrected chi connectivity index (χ2v) is 5.08. The topological polar surface area (TPSA) is 17.4 Å². The molecule has 1 aromatic carbocycles. The van der Waals surface area contributed by atoms with E-state index in [9.17, 15) is 4.39 Å². The summed E-state index contributed by atoms with van der Waals surface area (Å²) in [6.45, 7) is 0. The van der Waals surface area contributed by atoms with Gasteiger partial charge >= 0.3 is 0 Å². The van der Waals surface area contributed by atoms with Gasteiger partial charge in [-0.05, 0) is 38.7 Å². The Hall–Kier alpha value is -1.55. The largest absolute Gasteiger partial charge is 0.494 e. The van der Waals surface area contributed by atoms with Crippen molar-refractivity contribution in [1.82, 2.24) is 9.47 Å². The summed E-state index contributed by atoms with van der Waals surface area (Å²) in [6, 6.07) is 6.42. The molecule has 0 aliphatic heterocycles. The molecule has 3 rings (SSSR count). The molecule has 1 fully saturated rings. The van der Waals surface area contributed by atoms with Crippen molar-refractivity contribution >= 4 is 10.9 Å². The minimum absolute atomic E-state index is 0.260. The summed E-state index contributed by atoms with van der Waals surface area (Å²) in [5.74, 6) is 0.0499. The number of rotatable bonds is 3. The Balaban J connectivity index is 2.08. The van der Waals surface area contributed by atoms with Crippen molar-refractivity contribution in [2.24, 2.45) is 0 Å². The van der Waals surface area contributed by atoms with Crippen LogP contribution in [0.5, 0.6) is 5.75 Å². The third-order valence-corrected chi connectivity index (χ3v) is 3.75. The molecule has 0 spiro atoms. The van der Waals surface area contributed by atoms with Crippen LogP contribution in [0, 0.1) is 5.82 Å². The molecule has 18 heavy (non-hydrogen) atoms. The number of aromatic nitrogens is 1. The van der Waals surface area contributed by atoms with Crippen LogP contribution in [-0.2, 0) is 0 Å². The van der Waals surface area contributed by atoms with Crippen molar-refractivity contribution in [3.63, 3.8) is 0 Å². The summed E-state index contributed by atoms with van der Waals surface area (Å²) >= 11 is 0. The van der Waals surface area contributed by atoms with E-state index in [-0.39, 0.29) is 5.82 Å². The highest BCUT2D eigenvalue weighted by Gasteiger charge is 2.41. The highest BCUT2D eigenvalue weighted by atomic mass is 19.1. The quantitative estimate of drug-likeness (QED) is 0.831. The van der Waals surface area contributed by atoms with E-state index in [0.29, 0.717) is 23.3 Å². The van der Waals surface area contributed by atoms with Crippen molar-refractivity contribution in [3.05, 3.63) is 30.2 Å². The number of nitrogens with zero attached hydrogens (tertiary/aromatic N) is 2. The SMILES string of the molecule is COc1ccc2ccn(C3CC3N(C)C)c2c1F. The van der Waals surface area contributed by atoms with E-state index >= 15 is 0 Å². The zero-order valence-corrected chi connectivity index (χ0v) is 10.9. The van der Waals surface area contributed by atoms with Gasteiger partial charge in [-0.2, -0.15) is 0 Å². The number of ether oxygens (including phenoxy) is 1. The maximum atomic E-state index is 14.3. The molecule has 1 aromatic heterocycles. The molecule has 1 aliphatic carbocycles. The van der Waals surface area contributed by atoms with Crippen LogP contribution in [0.25, 0.3) is 10.9 Å². The van der Waals surface area contributed by atoms with Crippen LogP contribution in [0.2, 0.25) is 0 Å². The first kappa shape index (κ1) is 11.5. The first-order valence-electron chi connectivity index (χ1n) is 6.13. The van der Waals surface area contributed by atoms with Gasteiger partial charge in [-0.15, -0.1) is 0 Å². The Morgan fingerprint density at radius 3 is 2.72 bits per heavy atom. The van der Waals surface area contributed by atoms with Gasteiger partial charge in [0.25, 0.3) is 0 Å². The van der Waals surface area contributed by atoms with E-state index in [1.54, 1.807) is 6.07 Å². The Labute approximate surface area is 106 Å². The highest BCUT2D eigenvalue weighted by molar-refractivity contribution is 5.82. The molecule has 0 amide bonds. The van der Waals surface area contributed by atoms with Gasteiger partial charge in [0.2, 0.25) is 0 Å². The van der Waals surface area contributed by atoms with E-state index < -0.39 is 0 Å². The summed E-state index contributed by atoms with van der Waals surface area (Å²) in [5.41, 5.74) is 0.656. The van der Waals surface area contributed by atoms with Gasteiger partial charge in [-0.1, -0.05) is 0 Å². The Morgan fingerprint density at radius 2 is 2.11 bits per heavy atom. The summed E-state index contributed by atoms with van der Waals surface area (Å²) in [7, 11) is 5.62. The van der Waals surface area contributed by atoms with Crippen molar-refractivity contribution in [3.8, 4) is 5.75 Å². The molecule has 4 heteroatoms. The molecule has 0 bridgehead atoms. The van der Waals surface area contributed by atoms with Crippen LogP contribution in [0.3, 0.4) is 0 Å². The van der Waals surface area contributed by atoms with Crippen molar-refractivity contribution in [2.45, 2.75) is 18.5 Å². The van der Waals surface area contributed by atoms with E-state index in [4.69, 9.17) is 4.74 Å². The molecule has 3 nitrogen and oxygen atoms in total. The second kappa shape index (κ2) is 3.99. The average Bonchev–Trinajstić information content (AvgIpc) is 3.03. The minimum atomic E-state index is -0.260. The standard InChI is InChI=1S/C14H17FN2O/c1-16(2)10-8-11(10)17-7-6-9-4-5-12(18-3)13(15)14(9)17/h4-7,10-11H,8H2,1-3H3. The van der Waals surface area contributed by atoms with Gasteiger partial charge in [0.1, 0.15) is 0 Å². The number of likely N-dealkylation sites (N-methyl/N-ethyl adjacent to an activating group) is 1. The fourth-order valence-corrected chi connectivity index (χ4v) is 2.65. The molecule has 0 radical (unpaired) electrons. The minimum Gasteiger partial charge on any atom is -0.494 e. The van der Waals surface area contributed by atoms with Crippen molar-refractivity contribution < 1.29 is 9.13 Å². The average molecular weight is 248 g/mol. The Bertz CT molecular complexity index is 591.